The van der Waals surface area contributed by atoms with Crippen molar-refractivity contribution in [3.63, 3.8) is 0 Å². The van der Waals surface area contributed by atoms with Crippen molar-refractivity contribution in [3.8, 4) is 0 Å². The maximum Gasteiger partial charge on any atom is 0.335 e. The fourth-order valence-electron chi connectivity index (χ4n) is 2.54. The Morgan fingerprint density at radius 3 is 2.67 bits per heavy atom. The lowest BCUT2D eigenvalue weighted by atomic mass is 10.1. The fourth-order valence-corrected chi connectivity index (χ4v) is 2.54. The Balaban J connectivity index is 2.13. The third-order valence-corrected chi connectivity index (χ3v) is 3.78. The Bertz CT molecular complexity index is 541. The lowest BCUT2D eigenvalue weighted by molar-refractivity contribution is -0.384. The van der Waals surface area contributed by atoms with E-state index in [0.717, 1.165) is 25.7 Å². The van der Waals surface area contributed by atoms with Crippen molar-refractivity contribution in [2.75, 3.05) is 38.1 Å². The van der Waals surface area contributed by atoms with Crippen LogP contribution in [0.1, 0.15) is 23.2 Å². The molecule has 0 spiro atoms. The number of nitro benzene ring substituents is 1. The van der Waals surface area contributed by atoms with Gasteiger partial charge in [-0.25, -0.2) is 4.79 Å². The highest BCUT2D eigenvalue weighted by molar-refractivity contribution is 5.89. The van der Waals surface area contributed by atoms with E-state index in [2.05, 4.69) is 4.90 Å². The Hall–Kier alpha value is -2.15. The van der Waals surface area contributed by atoms with E-state index >= 15 is 0 Å². The fraction of sp³-hybridized carbons (Fsp3) is 0.500. The summed E-state index contributed by atoms with van der Waals surface area (Å²) < 4.78 is 0. The molecule has 0 amide bonds. The van der Waals surface area contributed by atoms with Crippen LogP contribution in [0.5, 0.6) is 0 Å². The van der Waals surface area contributed by atoms with Gasteiger partial charge in [-0.3, -0.25) is 10.1 Å². The number of benzene rings is 1. The molecular formula is C14H19N3O4. The summed E-state index contributed by atoms with van der Waals surface area (Å²) in [5.41, 5.74) is 0.210. The molecule has 1 aromatic rings. The first-order valence-electron chi connectivity index (χ1n) is 6.94. The number of hydrogen-bond acceptors (Lipinski definition) is 5. The quantitative estimate of drug-likeness (QED) is 0.636. The van der Waals surface area contributed by atoms with Crippen LogP contribution in [-0.4, -0.2) is 54.1 Å². The second-order valence-electron chi connectivity index (χ2n) is 5.24. The third kappa shape index (κ3) is 3.69. The van der Waals surface area contributed by atoms with E-state index in [0.29, 0.717) is 12.2 Å². The zero-order valence-electron chi connectivity index (χ0n) is 12.0. The van der Waals surface area contributed by atoms with Crippen molar-refractivity contribution < 1.29 is 14.8 Å². The van der Waals surface area contributed by atoms with Crippen molar-refractivity contribution in [3.05, 3.63) is 33.9 Å². The number of likely N-dealkylation sites (tertiary alicyclic amines) is 1. The van der Waals surface area contributed by atoms with Crippen molar-refractivity contribution in [1.82, 2.24) is 4.90 Å². The second-order valence-corrected chi connectivity index (χ2v) is 5.24. The number of carbonyl (C=O) groups is 1. The zero-order chi connectivity index (χ0) is 15.4. The molecule has 0 atom stereocenters. The number of rotatable bonds is 6. The molecular weight excluding hydrogens is 274 g/mol. The molecule has 1 heterocycles. The van der Waals surface area contributed by atoms with Gasteiger partial charge in [0.25, 0.3) is 5.69 Å². The topological polar surface area (TPSA) is 86.9 Å². The van der Waals surface area contributed by atoms with E-state index < -0.39 is 10.9 Å². The van der Waals surface area contributed by atoms with E-state index in [1.807, 2.05) is 4.90 Å². The Labute approximate surface area is 122 Å². The molecule has 1 aliphatic rings. The summed E-state index contributed by atoms with van der Waals surface area (Å²) >= 11 is 0. The highest BCUT2D eigenvalue weighted by Gasteiger charge is 2.20. The van der Waals surface area contributed by atoms with Gasteiger partial charge in [0, 0.05) is 26.2 Å². The van der Waals surface area contributed by atoms with Crippen LogP contribution >= 0.6 is 0 Å². The van der Waals surface area contributed by atoms with Crippen molar-refractivity contribution in [1.29, 1.82) is 0 Å². The molecule has 1 aliphatic heterocycles. The lowest BCUT2D eigenvalue weighted by Gasteiger charge is -2.23. The molecule has 1 aromatic carbocycles. The Morgan fingerprint density at radius 1 is 1.43 bits per heavy atom. The number of aromatic carboxylic acids is 1. The standard InChI is InChI=1S/C14H19N3O4/c1-15(8-9-16-6-2-3-7-16)12-5-4-11(14(18)19)10-13(12)17(20)21/h4-5,10H,2-3,6-9H2,1H3,(H,18,19). The van der Waals surface area contributed by atoms with Gasteiger partial charge in [0.15, 0.2) is 0 Å². The van der Waals surface area contributed by atoms with Crippen LogP contribution in [0.2, 0.25) is 0 Å². The van der Waals surface area contributed by atoms with Gasteiger partial charge in [-0.1, -0.05) is 0 Å². The largest absolute Gasteiger partial charge is 0.478 e. The van der Waals surface area contributed by atoms with Gasteiger partial charge in [-0.2, -0.15) is 0 Å². The van der Waals surface area contributed by atoms with Crippen molar-refractivity contribution >= 4 is 17.3 Å². The van der Waals surface area contributed by atoms with Crippen LogP contribution in [0, 0.1) is 10.1 Å². The molecule has 114 valence electrons. The van der Waals surface area contributed by atoms with Crippen LogP contribution in [0.25, 0.3) is 0 Å². The zero-order valence-corrected chi connectivity index (χ0v) is 12.0. The van der Waals surface area contributed by atoms with Crippen molar-refractivity contribution in [2.45, 2.75) is 12.8 Å². The van der Waals surface area contributed by atoms with Gasteiger partial charge in [-0.05, 0) is 38.1 Å². The maximum atomic E-state index is 11.1. The third-order valence-electron chi connectivity index (χ3n) is 3.78. The van der Waals surface area contributed by atoms with Gasteiger partial charge < -0.3 is 14.9 Å². The van der Waals surface area contributed by atoms with Gasteiger partial charge in [0.1, 0.15) is 5.69 Å². The summed E-state index contributed by atoms with van der Waals surface area (Å²) in [4.78, 5) is 25.7. The van der Waals surface area contributed by atoms with Crippen LogP contribution in [0.15, 0.2) is 18.2 Å². The molecule has 0 radical (unpaired) electrons. The number of nitrogens with zero attached hydrogens (tertiary/aromatic N) is 3. The monoisotopic (exact) mass is 293 g/mol. The minimum atomic E-state index is -1.16. The molecule has 1 fully saturated rings. The first-order chi connectivity index (χ1) is 9.99. The molecule has 0 unspecified atom stereocenters. The Morgan fingerprint density at radius 2 is 2.10 bits per heavy atom. The maximum absolute atomic E-state index is 11.1. The Kier molecular flexibility index (Phi) is 4.74. The first-order valence-corrected chi connectivity index (χ1v) is 6.94. The normalized spacial score (nSPS) is 15.1. The van der Waals surface area contributed by atoms with Gasteiger partial charge in [0.2, 0.25) is 0 Å². The minimum Gasteiger partial charge on any atom is -0.478 e. The number of hydrogen-bond donors (Lipinski definition) is 1. The predicted molar refractivity (Wildman–Crippen MR) is 79.0 cm³/mol. The van der Waals surface area contributed by atoms with E-state index in [-0.39, 0.29) is 11.3 Å². The summed E-state index contributed by atoms with van der Waals surface area (Å²) in [6.45, 7) is 3.68. The molecule has 0 aliphatic carbocycles. The first kappa shape index (κ1) is 15.2. The SMILES string of the molecule is CN(CCN1CCCC1)c1ccc(C(=O)O)cc1[N+](=O)[O-]. The summed E-state index contributed by atoms with van der Waals surface area (Å²) in [7, 11) is 1.79. The average molecular weight is 293 g/mol. The van der Waals surface area contributed by atoms with Gasteiger partial charge in [-0.15, -0.1) is 0 Å². The van der Waals surface area contributed by atoms with E-state index in [1.165, 1.54) is 25.0 Å². The molecule has 2 rings (SSSR count). The van der Waals surface area contributed by atoms with Crippen LogP contribution in [-0.2, 0) is 0 Å². The molecule has 0 saturated carbocycles. The van der Waals surface area contributed by atoms with Crippen molar-refractivity contribution in [2.24, 2.45) is 0 Å². The van der Waals surface area contributed by atoms with E-state index in [1.54, 1.807) is 7.05 Å². The number of carboxylic acid groups (broad SMARTS) is 1. The van der Waals surface area contributed by atoms with E-state index in [9.17, 15) is 14.9 Å². The molecule has 1 saturated heterocycles. The van der Waals surface area contributed by atoms with Crippen LogP contribution < -0.4 is 4.90 Å². The number of carboxylic acids is 1. The average Bonchev–Trinajstić information content (AvgIpc) is 2.97. The molecule has 0 aromatic heterocycles. The molecule has 1 N–H and O–H groups in total. The van der Waals surface area contributed by atoms with E-state index in [4.69, 9.17) is 5.11 Å². The lowest BCUT2D eigenvalue weighted by Crippen LogP contribution is -2.31. The summed E-state index contributed by atoms with van der Waals surface area (Å²) in [5, 5.41) is 20.1. The number of anilines is 1. The smallest absolute Gasteiger partial charge is 0.335 e. The van der Waals surface area contributed by atoms with Gasteiger partial charge in [0.05, 0.1) is 10.5 Å². The van der Waals surface area contributed by atoms with Crippen LogP contribution in [0.4, 0.5) is 11.4 Å². The summed E-state index contributed by atoms with van der Waals surface area (Å²) in [6, 6.07) is 4.02. The van der Waals surface area contributed by atoms with Crippen LogP contribution in [0.3, 0.4) is 0 Å². The highest BCUT2D eigenvalue weighted by atomic mass is 16.6. The molecule has 7 heteroatoms. The minimum absolute atomic E-state index is 0.0709. The summed E-state index contributed by atoms with van der Waals surface area (Å²) in [6.07, 6.45) is 2.41. The van der Waals surface area contributed by atoms with Gasteiger partial charge >= 0.3 is 5.97 Å². The molecule has 21 heavy (non-hydrogen) atoms. The predicted octanol–water partition coefficient (Wildman–Crippen LogP) is 1.82. The molecule has 7 nitrogen and oxygen atoms in total. The number of nitro groups is 1. The summed E-state index contributed by atoms with van der Waals surface area (Å²) in [5.74, 6) is -1.16. The highest BCUT2D eigenvalue weighted by Crippen LogP contribution is 2.28. The molecule has 0 bridgehead atoms. The second kappa shape index (κ2) is 6.53. The number of likely N-dealkylation sites (N-methyl/N-ethyl adjacent to an activating group) is 1.